The van der Waals surface area contributed by atoms with Gasteiger partial charge < -0.3 is 5.32 Å². The number of carbonyl (C=O) groups is 1. The van der Waals surface area contributed by atoms with Crippen LogP contribution in [0, 0.1) is 13.8 Å². The first kappa shape index (κ1) is 21.7. The minimum atomic E-state index is -3.64. The normalized spacial score (nSPS) is 11.4. The summed E-state index contributed by atoms with van der Waals surface area (Å²) in [6, 6.07) is 15.1. The number of hydrogen-bond donors (Lipinski definition) is 2. The Hall–Kier alpha value is -2.97. The van der Waals surface area contributed by atoms with Gasteiger partial charge in [-0.15, -0.1) is 0 Å². The van der Waals surface area contributed by atoms with Gasteiger partial charge in [-0.3, -0.25) is 4.79 Å². The Balaban J connectivity index is 1.42. The van der Waals surface area contributed by atoms with Gasteiger partial charge in [-0.05, 0) is 55.2 Å². The molecule has 7 nitrogen and oxygen atoms in total. The molecular formula is C22H26N4O3S. The first-order valence-corrected chi connectivity index (χ1v) is 11.3. The highest BCUT2D eigenvalue weighted by atomic mass is 32.2. The molecule has 1 aromatic heterocycles. The summed E-state index contributed by atoms with van der Waals surface area (Å²) in [5.41, 5.74) is 3.53. The minimum Gasteiger partial charge on any atom is -0.356 e. The molecule has 3 aromatic rings. The smallest absolute Gasteiger partial charge is 0.240 e. The van der Waals surface area contributed by atoms with E-state index in [0.29, 0.717) is 18.5 Å². The fraction of sp³-hybridized carbons (Fsp3) is 0.273. The molecule has 30 heavy (non-hydrogen) atoms. The molecule has 0 radical (unpaired) electrons. The Morgan fingerprint density at radius 2 is 1.83 bits per heavy atom. The van der Waals surface area contributed by atoms with Gasteiger partial charge in [0.05, 0.1) is 16.8 Å². The highest BCUT2D eigenvalue weighted by molar-refractivity contribution is 7.89. The fourth-order valence-corrected chi connectivity index (χ4v) is 4.38. The average molecular weight is 427 g/mol. The SMILES string of the molecule is Cc1ccc(C)c(S(=O)(=O)NCCC(=O)NCCc2cnn(-c3ccccc3)c2)c1. The maximum atomic E-state index is 12.5. The molecule has 1 amide bonds. The van der Waals surface area contributed by atoms with Crippen LogP contribution in [0.25, 0.3) is 5.69 Å². The molecule has 3 rings (SSSR count). The van der Waals surface area contributed by atoms with Crippen molar-refractivity contribution in [2.24, 2.45) is 0 Å². The molecule has 0 aliphatic carbocycles. The standard InChI is InChI=1S/C22H26N4O3S/c1-17-8-9-18(2)21(14-17)30(28,29)25-13-11-22(27)23-12-10-19-15-24-26(16-19)20-6-4-3-5-7-20/h3-9,14-16,25H,10-13H2,1-2H3,(H,23,27). The van der Waals surface area contributed by atoms with E-state index in [-0.39, 0.29) is 23.8 Å². The lowest BCUT2D eigenvalue weighted by atomic mass is 10.2. The second-order valence-corrected chi connectivity index (χ2v) is 8.88. The lowest BCUT2D eigenvalue weighted by Gasteiger charge is -2.10. The Kier molecular flexibility index (Phi) is 7.02. The summed E-state index contributed by atoms with van der Waals surface area (Å²) in [5, 5.41) is 7.15. The summed E-state index contributed by atoms with van der Waals surface area (Å²) >= 11 is 0. The zero-order valence-corrected chi connectivity index (χ0v) is 17.9. The summed E-state index contributed by atoms with van der Waals surface area (Å²) in [7, 11) is -3.64. The van der Waals surface area contributed by atoms with Crippen LogP contribution in [0.15, 0.2) is 65.8 Å². The Bertz CT molecular complexity index is 1110. The minimum absolute atomic E-state index is 0.0491. The van der Waals surface area contributed by atoms with Crippen LogP contribution in [0.2, 0.25) is 0 Å². The van der Waals surface area contributed by atoms with Gasteiger partial charge in [0, 0.05) is 25.7 Å². The van der Waals surface area contributed by atoms with Crippen molar-refractivity contribution < 1.29 is 13.2 Å². The van der Waals surface area contributed by atoms with Crippen LogP contribution in [-0.2, 0) is 21.2 Å². The van der Waals surface area contributed by atoms with Crippen LogP contribution in [-0.4, -0.2) is 37.2 Å². The van der Waals surface area contributed by atoms with Gasteiger partial charge in [0.25, 0.3) is 0 Å². The number of aryl methyl sites for hydroxylation is 2. The largest absolute Gasteiger partial charge is 0.356 e. The summed E-state index contributed by atoms with van der Waals surface area (Å²) in [6.45, 7) is 4.10. The predicted molar refractivity (Wildman–Crippen MR) is 116 cm³/mol. The van der Waals surface area contributed by atoms with Crippen molar-refractivity contribution in [1.82, 2.24) is 19.8 Å². The number of hydrogen-bond acceptors (Lipinski definition) is 4. The van der Waals surface area contributed by atoms with Crippen molar-refractivity contribution in [2.75, 3.05) is 13.1 Å². The van der Waals surface area contributed by atoms with Crippen LogP contribution in [0.3, 0.4) is 0 Å². The van der Waals surface area contributed by atoms with Crippen LogP contribution >= 0.6 is 0 Å². The second kappa shape index (κ2) is 9.69. The van der Waals surface area contributed by atoms with Gasteiger partial charge in [-0.25, -0.2) is 17.8 Å². The van der Waals surface area contributed by atoms with Gasteiger partial charge in [0.2, 0.25) is 15.9 Å². The van der Waals surface area contributed by atoms with E-state index in [0.717, 1.165) is 16.8 Å². The van der Waals surface area contributed by atoms with E-state index in [1.54, 1.807) is 29.9 Å². The number of aromatic nitrogens is 2. The number of rotatable bonds is 9. The highest BCUT2D eigenvalue weighted by Gasteiger charge is 2.17. The zero-order valence-electron chi connectivity index (χ0n) is 17.1. The number of carbonyl (C=O) groups excluding carboxylic acids is 1. The van der Waals surface area contributed by atoms with Crippen LogP contribution in [0.5, 0.6) is 0 Å². The van der Waals surface area contributed by atoms with E-state index in [9.17, 15) is 13.2 Å². The molecular weight excluding hydrogens is 400 g/mol. The summed E-state index contributed by atoms with van der Waals surface area (Å²) in [4.78, 5) is 12.3. The molecule has 0 atom stereocenters. The molecule has 0 saturated heterocycles. The molecule has 0 saturated carbocycles. The Morgan fingerprint density at radius 3 is 2.60 bits per heavy atom. The van der Waals surface area contributed by atoms with Crippen molar-refractivity contribution >= 4 is 15.9 Å². The maximum absolute atomic E-state index is 12.5. The molecule has 0 aliphatic heterocycles. The topological polar surface area (TPSA) is 93.1 Å². The molecule has 2 N–H and O–H groups in total. The van der Waals surface area contributed by atoms with E-state index < -0.39 is 10.0 Å². The molecule has 8 heteroatoms. The highest BCUT2D eigenvalue weighted by Crippen LogP contribution is 2.16. The van der Waals surface area contributed by atoms with E-state index in [2.05, 4.69) is 15.1 Å². The van der Waals surface area contributed by atoms with Crippen molar-refractivity contribution in [3.63, 3.8) is 0 Å². The summed E-state index contributed by atoms with van der Waals surface area (Å²) < 4.78 is 29.2. The second-order valence-electron chi connectivity index (χ2n) is 7.15. The van der Waals surface area contributed by atoms with Gasteiger partial charge in [0.1, 0.15) is 0 Å². The van der Waals surface area contributed by atoms with E-state index in [1.165, 1.54) is 0 Å². The fourth-order valence-electron chi connectivity index (χ4n) is 3.02. The van der Waals surface area contributed by atoms with Crippen LogP contribution < -0.4 is 10.0 Å². The third-order valence-electron chi connectivity index (χ3n) is 4.67. The van der Waals surface area contributed by atoms with Crippen molar-refractivity contribution in [3.05, 3.63) is 77.6 Å². The molecule has 158 valence electrons. The number of amides is 1. The van der Waals surface area contributed by atoms with Crippen LogP contribution in [0.4, 0.5) is 0 Å². The summed E-state index contributed by atoms with van der Waals surface area (Å²) in [6.07, 6.45) is 4.43. The number of nitrogens with one attached hydrogen (secondary N) is 2. The van der Waals surface area contributed by atoms with Gasteiger partial charge in [0.15, 0.2) is 0 Å². The molecule has 0 fully saturated rings. The molecule has 0 spiro atoms. The molecule has 0 aliphatic rings. The monoisotopic (exact) mass is 426 g/mol. The quantitative estimate of drug-likeness (QED) is 0.550. The van der Waals surface area contributed by atoms with E-state index in [1.807, 2.05) is 49.5 Å². The molecule has 0 bridgehead atoms. The van der Waals surface area contributed by atoms with E-state index >= 15 is 0 Å². The Morgan fingerprint density at radius 1 is 1.07 bits per heavy atom. The third-order valence-corrected chi connectivity index (χ3v) is 6.27. The maximum Gasteiger partial charge on any atom is 0.240 e. The zero-order chi connectivity index (χ0) is 21.6. The third kappa shape index (κ3) is 5.77. The van der Waals surface area contributed by atoms with Crippen molar-refractivity contribution in [2.45, 2.75) is 31.6 Å². The van der Waals surface area contributed by atoms with Gasteiger partial charge in [-0.1, -0.05) is 30.3 Å². The summed E-state index contributed by atoms with van der Waals surface area (Å²) in [5.74, 6) is -0.200. The first-order valence-electron chi connectivity index (χ1n) is 9.78. The number of sulfonamides is 1. The van der Waals surface area contributed by atoms with Gasteiger partial charge in [-0.2, -0.15) is 5.10 Å². The van der Waals surface area contributed by atoms with Crippen LogP contribution in [0.1, 0.15) is 23.1 Å². The number of para-hydroxylation sites is 1. The molecule has 1 heterocycles. The van der Waals surface area contributed by atoms with Crippen molar-refractivity contribution in [3.8, 4) is 5.69 Å². The number of benzene rings is 2. The number of nitrogens with zero attached hydrogens (tertiary/aromatic N) is 2. The molecule has 0 unspecified atom stereocenters. The molecule has 2 aromatic carbocycles. The average Bonchev–Trinajstić information content (AvgIpc) is 3.19. The lowest BCUT2D eigenvalue weighted by Crippen LogP contribution is -2.32. The first-order chi connectivity index (χ1) is 14.3. The van der Waals surface area contributed by atoms with Crippen molar-refractivity contribution in [1.29, 1.82) is 0 Å². The predicted octanol–water partition coefficient (Wildman–Crippen LogP) is 2.52. The Labute approximate surface area is 177 Å². The lowest BCUT2D eigenvalue weighted by molar-refractivity contribution is -0.120. The van der Waals surface area contributed by atoms with E-state index in [4.69, 9.17) is 0 Å². The van der Waals surface area contributed by atoms with Gasteiger partial charge >= 0.3 is 0 Å².